The Labute approximate surface area is 142 Å². The number of hydrogen-bond acceptors (Lipinski definition) is 5. The average molecular weight is 357 g/mol. The molecule has 8 heteroatoms. The van der Waals surface area contributed by atoms with E-state index in [1.165, 1.54) is 18.2 Å². The third-order valence-electron chi connectivity index (χ3n) is 3.25. The first-order chi connectivity index (χ1) is 11.0. The normalized spacial score (nSPS) is 12.0. The number of carbonyl (C=O) groups is 2. The van der Waals surface area contributed by atoms with Crippen molar-refractivity contribution in [2.45, 2.75) is 51.7 Å². The summed E-state index contributed by atoms with van der Waals surface area (Å²) in [6.07, 6.45) is -0.337. The highest BCUT2D eigenvalue weighted by Gasteiger charge is 2.30. The Kier molecular flexibility index (Phi) is 6.50. The summed E-state index contributed by atoms with van der Waals surface area (Å²) in [5.41, 5.74) is 0.720. The fourth-order valence-electron chi connectivity index (χ4n) is 2.07. The van der Waals surface area contributed by atoms with Crippen molar-refractivity contribution in [1.82, 2.24) is 4.31 Å². The molecule has 0 fully saturated rings. The summed E-state index contributed by atoms with van der Waals surface area (Å²) in [4.78, 5) is 22.9. The van der Waals surface area contributed by atoms with E-state index in [0.717, 1.165) is 4.31 Å². The summed E-state index contributed by atoms with van der Waals surface area (Å²) in [5, 5.41) is 8.95. The molecule has 7 nitrogen and oxygen atoms in total. The van der Waals surface area contributed by atoms with Gasteiger partial charge < -0.3 is 9.84 Å². The highest BCUT2D eigenvalue weighted by molar-refractivity contribution is 7.89. The molecule has 1 aromatic rings. The molecule has 0 radical (unpaired) electrons. The lowest BCUT2D eigenvalue weighted by Gasteiger charge is -2.24. The molecule has 0 unspecified atom stereocenters. The SMILES string of the molecule is Cc1ccc(S(=O)(=O)N(CC(=O)O)C(C)C)cc1C(=O)OC(C)C. The third-order valence-corrected chi connectivity index (χ3v) is 5.26. The fraction of sp³-hybridized carbons (Fsp3) is 0.500. The number of esters is 1. The predicted octanol–water partition coefficient (Wildman–Crippen LogP) is 2.04. The van der Waals surface area contributed by atoms with Crippen LogP contribution in [0.3, 0.4) is 0 Å². The van der Waals surface area contributed by atoms with E-state index in [9.17, 15) is 18.0 Å². The van der Waals surface area contributed by atoms with E-state index in [1.54, 1.807) is 34.6 Å². The number of rotatable bonds is 7. The molecule has 0 spiro atoms. The highest BCUT2D eigenvalue weighted by Crippen LogP contribution is 2.22. The van der Waals surface area contributed by atoms with Crippen molar-refractivity contribution in [3.8, 4) is 0 Å². The lowest BCUT2D eigenvalue weighted by atomic mass is 10.1. The molecule has 0 aromatic heterocycles. The molecule has 1 N–H and O–H groups in total. The van der Waals surface area contributed by atoms with Crippen LogP contribution in [0.5, 0.6) is 0 Å². The van der Waals surface area contributed by atoms with Gasteiger partial charge in [-0.15, -0.1) is 0 Å². The smallest absolute Gasteiger partial charge is 0.338 e. The van der Waals surface area contributed by atoms with Crippen molar-refractivity contribution in [1.29, 1.82) is 0 Å². The molecule has 0 amide bonds. The molecule has 1 rings (SSSR count). The molecule has 0 atom stereocenters. The first-order valence-electron chi connectivity index (χ1n) is 7.52. The van der Waals surface area contributed by atoms with E-state index >= 15 is 0 Å². The van der Waals surface area contributed by atoms with Crippen molar-refractivity contribution < 1.29 is 27.9 Å². The van der Waals surface area contributed by atoms with Crippen LogP contribution in [0.4, 0.5) is 0 Å². The van der Waals surface area contributed by atoms with Gasteiger partial charge in [-0.2, -0.15) is 4.31 Å². The number of aryl methyl sites for hydroxylation is 1. The number of nitrogens with zero attached hydrogens (tertiary/aromatic N) is 1. The number of aliphatic carboxylic acids is 1. The summed E-state index contributed by atoms with van der Waals surface area (Å²) >= 11 is 0. The molecule has 0 aliphatic heterocycles. The van der Waals surface area contributed by atoms with Crippen LogP contribution >= 0.6 is 0 Å². The van der Waals surface area contributed by atoms with Gasteiger partial charge in [0.25, 0.3) is 0 Å². The van der Waals surface area contributed by atoms with E-state index < -0.39 is 34.5 Å². The van der Waals surface area contributed by atoms with Crippen molar-refractivity contribution in [3.05, 3.63) is 29.3 Å². The van der Waals surface area contributed by atoms with E-state index in [-0.39, 0.29) is 16.6 Å². The molecular weight excluding hydrogens is 334 g/mol. The zero-order valence-electron chi connectivity index (χ0n) is 14.4. The number of carboxylic acids is 1. The molecule has 134 valence electrons. The van der Waals surface area contributed by atoms with Gasteiger partial charge in [-0.1, -0.05) is 6.07 Å². The first kappa shape index (κ1) is 20.1. The number of sulfonamides is 1. The number of carboxylic acid groups (broad SMARTS) is 1. The van der Waals surface area contributed by atoms with Gasteiger partial charge in [-0.25, -0.2) is 13.2 Å². The lowest BCUT2D eigenvalue weighted by Crippen LogP contribution is -2.40. The number of ether oxygens (including phenoxy) is 1. The molecule has 0 saturated carbocycles. The van der Waals surface area contributed by atoms with Gasteiger partial charge in [0.15, 0.2) is 0 Å². The van der Waals surface area contributed by atoms with Crippen LogP contribution in [0.25, 0.3) is 0 Å². The van der Waals surface area contributed by atoms with Crippen LogP contribution in [-0.4, -0.2) is 48.5 Å². The molecule has 0 heterocycles. The Balaban J connectivity index is 3.34. The number of benzene rings is 1. The Morgan fingerprint density at radius 1 is 1.21 bits per heavy atom. The van der Waals surface area contributed by atoms with Gasteiger partial charge in [-0.3, -0.25) is 4.79 Å². The lowest BCUT2D eigenvalue weighted by molar-refractivity contribution is -0.137. The second-order valence-electron chi connectivity index (χ2n) is 5.97. The van der Waals surface area contributed by atoms with E-state index in [0.29, 0.717) is 5.56 Å². The van der Waals surface area contributed by atoms with Gasteiger partial charge in [0.05, 0.1) is 16.6 Å². The van der Waals surface area contributed by atoms with E-state index in [2.05, 4.69) is 0 Å². The minimum Gasteiger partial charge on any atom is -0.480 e. The van der Waals surface area contributed by atoms with Crippen LogP contribution in [0.15, 0.2) is 23.1 Å². The quantitative estimate of drug-likeness (QED) is 0.750. The van der Waals surface area contributed by atoms with Gasteiger partial charge in [0.1, 0.15) is 6.54 Å². The predicted molar refractivity (Wildman–Crippen MR) is 88.4 cm³/mol. The Morgan fingerprint density at radius 2 is 1.79 bits per heavy atom. The first-order valence-corrected chi connectivity index (χ1v) is 8.96. The fourth-order valence-corrected chi connectivity index (χ4v) is 3.69. The maximum Gasteiger partial charge on any atom is 0.338 e. The molecule has 0 aliphatic carbocycles. The van der Waals surface area contributed by atoms with Crippen LogP contribution in [-0.2, 0) is 19.6 Å². The van der Waals surface area contributed by atoms with Gasteiger partial charge in [0.2, 0.25) is 10.0 Å². The van der Waals surface area contributed by atoms with Crippen LogP contribution in [0.1, 0.15) is 43.6 Å². The number of carbonyl (C=O) groups excluding carboxylic acids is 1. The molecule has 0 aliphatic rings. The Bertz CT molecular complexity index is 724. The van der Waals surface area contributed by atoms with Crippen molar-refractivity contribution in [3.63, 3.8) is 0 Å². The monoisotopic (exact) mass is 357 g/mol. The van der Waals surface area contributed by atoms with Gasteiger partial charge in [0, 0.05) is 6.04 Å². The van der Waals surface area contributed by atoms with Crippen LogP contribution in [0.2, 0.25) is 0 Å². The third kappa shape index (κ3) is 4.78. The molecule has 0 saturated heterocycles. The second-order valence-corrected chi connectivity index (χ2v) is 7.86. The molecule has 1 aromatic carbocycles. The van der Waals surface area contributed by atoms with Gasteiger partial charge >= 0.3 is 11.9 Å². The minimum atomic E-state index is -4.05. The minimum absolute atomic E-state index is 0.140. The maximum absolute atomic E-state index is 12.7. The van der Waals surface area contributed by atoms with Crippen LogP contribution < -0.4 is 0 Å². The summed E-state index contributed by atoms with van der Waals surface area (Å²) < 4.78 is 31.4. The average Bonchev–Trinajstić information content (AvgIpc) is 2.43. The van der Waals surface area contributed by atoms with Crippen LogP contribution in [0, 0.1) is 6.92 Å². The molecule has 24 heavy (non-hydrogen) atoms. The van der Waals surface area contributed by atoms with E-state index in [1.807, 2.05) is 0 Å². The second kappa shape index (κ2) is 7.76. The zero-order valence-corrected chi connectivity index (χ0v) is 15.3. The number of hydrogen-bond donors (Lipinski definition) is 1. The van der Waals surface area contributed by atoms with Crippen molar-refractivity contribution in [2.24, 2.45) is 0 Å². The zero-order chi connectivity index (χ0) is 18.7. The van der Waals surface area contributed by atoms with Crippen molar-refractivity contribution >= 4 is 22.0 Å². The topological polar surface area (TPSA) is 101 Å². The largest absolute Gasteiger partial charge is 0.480 e. The standard InChI is InChI=1S/C16H23NO6S/c1-10(2)17(9-15(18)19)24(21,22)13-7-6-12(5)14(8-13)16(20)23-11(3)4/h6-8,10-11H,9H2,1-5H3,(H,18,19). The highest BCUT2D eigenvalue weighted by atomic mass is 32.2. The summed E-state index contributed by atoms with van der Waals surface area (Å²) in [6.45, 7) is 7.58. The molecular formula is C16H23NO6S. The summed E-state index contributed by atoms with van der Waals surface area (Å²) in [5.74, 6) is -1.87. The summed E-state index contributed by atoms with van der Waals surface area (Å²) in [7, 11) is -4.05. The van der Waals surface area contributed by atoms with Crippen molar-refractivity contribution in [2.75, 3.05) is 6.54 Å². The van der Waals surface area contributed by atoms with E-state index in [4.69, 9.17) is 9.84 Å². The summed E-state index contributed by atoms with van der Waals surface area (Å²) in [6, 6.07) is 3.54. The Morgan fingerprint density at radius 3 is 2.25 bits per heavy atom. The maximum atomic E-state index is 12.7. The molecule has 0 bridgehead atoms. The van der Waals surface area contributed by atoms with Gasteiger partial charge in [-0.05, 0) is 52.3 Å². The Hall–Kier alpha value is -1.93.